The van der Waals surface area contributed by atoms with Gasteiger partial charge in [0.15, 0.2) is 0 Å². The fraction of sp³-hybridized carbons (Fsp3) is 0.765. The highest BCUT2D eigenvalue weighted by Gasteiger charge is 2.32. The van der Waals surface area contributed by atoms with E-state index in [0.717, 1.165) is 37.0 Å². The molecule has 4 nitrogen and oxygen atoms in total. The Bertz CT molecular complexity index is 522. The number of hydrogen-bond acceptors (Lipinski definition) is 2. The van der Waals surface area contributed by atoms with Gasteiger partial charge in [-0.05, 0) is 56.9 Å². The molecule has 21 heavy (non-hydrogen) atoms. The van der Waals surface area contributed by atoms with Crippen LogP contribution in [0.3, 0.4) is 0 Å². The van der Waals surface area contributed by atoms with Gasteiger partial charge in [-0.15, -0.1) is 0 Å². The average molecular weight is 289 g/mol. The highest BCUT2D eigenvalue weighted by atomic mass is 16.2. The second-order valence-electron chi connectivity index (χ2n) is 6.97. The summed E-state index contributed by atoms with van der Waals surface area (Å²) in [6.07, 6.45) is 6.82. The third-order valence-corrected chi connectivity index (χ3v) is 5.45. The Labute approximate surface area is 127 Å². The molecule has 1 amide bonds. The second-order valence-corrected chi connectivity index (χ2v) is 6.97. The first-order valence-electron chi connectivity index (χ1n) is 8.31. The van der Waals surface area contributed by atoms with Crippen LogP contribution in [0.1, 0.15) is 49.1 Å². The van der Waals surface area contributed by atoms with Crippen molar-refractivity contribution in [2.24, 2.45) is 18.9 Å². The Kier molecular flexibility index (Phi) is 4.05. The molecular formula is C17H27N3O. The van der Waals surface area contributed by atoms with Crippen LogP contribution in [0.5, 0.6) is 0 Å². The molecule has 1 aromatic heterocycles. The van der Waals surface area contributed by atoms with Gasteiger partial charge in [0.25, 0.3) is 0 Å². The lowest BCUT2D eigenvalue weighted by Crippen LogP contribution is -2.45. The highest BCUT2D eigenvalue weighted by Crippen LogP contribution is 2.34. The molecule has 2 fully saturated rings. The van der Waals surface area contributed by atoms with Crippen molar-refractivity contribution >= 4 is 5.91 Å². The van der Waals surface area contributed by atoms with E-state index in [1.54, 1.807) is 0 Å². The lowest BCUT2D eigenvalue weighted by atomic mass is 9.78. The summed E-state index contributed by atoms with van der Waals surface area (Å²) in [5.74, 6) is 1.88. The monoisotopic (exact) mass is 289 g/mol. The molecule has 0 N–H and O–H groups in total. The van der Waals surface area contributed by atoms with Gasteiger partial charge in [0.1, 0.15) is 0 Å². The summed E-state index contributed by atoms with van der Waals surface area (Å²) < 4.78 is 1.92. The summed E-state index contributed by atoms with van der Waals surface area (Å²) in [4.78, 5) is 14.7. The van der Waals surface area contributed by atoms with Gasteiger partial charge in [0.05, 0.1) is 5.69 Å². The first-order chi connectivity index (χ1) is 10.0. The van der Waals surface area contributed by atoms with Crippen molar-refractivity contribution < 1.29 is 4.79 Å². The largest absolute Gasteiger partial charge is 0.342 e. The van der Waals surface area contributed by atoms with Gasteiger partial charge in [-0.1, -0.05) is 6.42 Å². The van der Waals surface area contributed by atoms with E-state index in [-0.39, 0.29) is 0 Å². The third kappa shape index (κ3) is 2.99. The molecule has 1 saturated carbocycles. The normalized spacial score (nSPS) is 25.2. The molecule has 0 unspecified atom stereocenters. The van der Waals surface area contributed by atoms with Gasteiger partial charge in [0, 0.05) is 32.3 Å². The summed E-state index contributed by atoms with van der Waals surface area (Å²) in [6, 6.07) is 0. The van der Waals surface area contributed by atoms with Crippen LogP contribution in [0.25, 0.3) is 0 Å². The van der Waals surface area contributed by atoms with Crippen molar-refractivity contribution in [2.75, 3.05) is 13.1 Å². The standard InChI is InChI=1S/C17H27N3O/c1-12-16(13(2)19(3)18-12)7-8-17(21)20-10-14-5-4-6-15(9-14)11-20/h14-15H,4-11H2,1-3H3/t14-,15+. The Morgan fingerprint density at radius 2 is 1.90 bits per heavy atom. The molecule has 1 aliphatic heterocycles. The van der Waals surface area contributed by atoms with Crippen molar-refractivity contribution in [3.05, 3.63) is 17.0 Å². The smallest absolute Gasteiger partial charge is 0.222 e. The SMILES string of the molecule is Cc1nn(C)c(C)c1CCC(=O)N1C[C@@H]2CCC[C@@H](C2)C1. The predicted molar refractivity (Wildman–Crippen MR) is 83.0 cm³/mol. The lowest BCUT2D eigenvalue weighted by Gasteiger charge is -2.41. The average Bonchev–Trinajstić information content (AvgIpc) is 2.69. The number of carbonyl (C=O) groups is 1. The first kappa shape index (κ1) is 14.6. The van der Waals surface area contributed by atoms with Gasteiger partial charge >= 0.3 is 0 Å². The zero-order valence-corrected chi connectivity index (χ0v) is 13.6. The van der Waals surface area contributed by atoms with Crippen LogP contribution in [-0.4, -0.2) is 33.7 Å². The Balaban J connectivity index is 1.59. The van der Waals surface area contributed by atoms with Crippen LogP contribution >= 0.6 is 0 Å². The first-order valence-corrected chi connectivity index (χ1v) is 8.31. The molecule has 1 saturated heterocycles. The predicted octanol–water partition coefficient (Wildman–Crippen LogP) is 2.62. The topological polar surface area (TPSA) is 38.1 Å². The number of piperidine rings is 1. The van der Waals surface area contributed by atoms with E-state index in [1.165, 1.54) is 36.9 Å². The number of aryl methyl sites for hydroxylation is 2. The van der Waals surface area contributed by atoms with Gasteiger partial charge in [0.2, 0.25) is 5.91 Å². The van der Waals surface area contributed by atoms with Gasteiger partial charge < -0.3 is 4.90 Å². The van der Waals surface area contributed by atoms with Crippen LogP contribution in [0.15, 0.2) is 0 Å². The van der Waals surface area contributed by atoms with Crippen LogP contribution < -0.4 is 0 Å². The minimum absolute atomic E-state index is 0.342. The molecule has 2 atom stereocenters. The summed E-state index contributed by atoms with van der Waals surface area (Å²) in [7, 11) is 1.97. The van der Waals surface area contributed by atoms with E-state index in [0.29, 0.717) is 12.3 Å². The molecule has 116 valence electrons. The van der Waals surface area contributed by atoms with E-state index >= 15 is 0 Å². The van der Waals surface area contributed by atoms with Gasteiger partial charge in [-0.3, -0.25) is 9.48 Å². The fourth-order valence-corrected chi connectivity index (χ4v) is 4.20. The molecule has 2 bridgehead atoms. The Morgan fingerprint density at radius 3 is 2.48 bits per heavy atom. The van der Waals surface area contributed by atoms with Crippen LogP contribution in [-0.2, 0) is 18.3 Å². The van der Waals surface area contributed by atoms with E-state index in [2.05, 4.69) is 16.9 Å². The van der Waals surface area contributed by atoms with E-state index in [9.17, 15) is 4.79 Å². The number of hydrogen-bond donors (Lipinski definition) is 0. The molecule has 3 rings (SSSR count). The van der Waals surface area contributed by atoms with Crippen LogP contribution in [0.4, 0.5) is 0 Å². The lowest BCUT2D eigenvalue weighted by molar-refractivity contribution is -0.134. The number of rotatable bonds is 3. The number of likely N-dealkylation sites (tertiary alicyclic amines) is 1. The fourth-order valence-electron chi connectivity index (χ4n) is 4.20. The summed E-state index contributed by atoms with van der Waals surface area (Å²) in [5, 5.41) is 4.44. The van der Waals surface area contributed by atoms with Crippen molar-refractivity contribution in [3.63, 3.8) is 0 Å². The number of amides is 1. The van der Waals surface area contributed by atoms with Crippen molar-refractivity contribution in [3.8, 4) is 0 Å². The molecule has 0 radical (unpaired) electrons. The second kappa shape index (κ2) is 5.82. The van der Waals surface area contributed by atoms with Crippen molar-refractivity contribution in [2.45, 2.75) is 52.4 Å². The minimum Gasteiger partial charge on any atom is -0.342 e. The molecular weight excluding hydrogens is 262 g/mol. The summed E-state index contributed by atoms with van der Waals surface area (Å²) >= 11 is 0. The van der Waals surface area contributed by atoms with Gasteiger partial charge in [-0.25, -0.2) is 0 Å². The summed E-state index contributed by atoms with van der Waals surface area (Å²) in [5.41, 5.74) is 3.51. The molecule has 0 spiro atoms. The van der Waals surface area contributed by atoms with Crippen LogP contribution in [0.2, 0.25) is 0 Å². The zero-order valence-electron chi connectivity index (χ0n) is 13.6. The van der Waals surface area contributed by atoms with E-state index in [1.807, 2.05) is 18.7 Å². The molecule has 2 aliphatic rings. The quantitative estimate of drug-likeness (QED) is 0.858. The maximum absolute atomic E-state index is 12.5. The Morgan fingerprint density at radius 1 is 1.24 bits per heavy atom. The zero-order chi connectivity index (χ0) is 15.0. The minimum atomic E-state index is 0.342. The number of carbonyl (C=O) groups excluding carboxylic acids is 1. The highest BCUT2D eigenvalue weighted by molar-refractivity contribution is 5.76. The van der Waals surface area contributed by atoms with Crippen molar-refractivity contribution in [1.29, 1.82) is 0 Å². The molecule has 2 heterocycles. The van der Waals surface area contributed by atoms with Crippen molar-refractivity contribution in [1.82, 2.24) is 14.7 Å². The summed E-state index contributed by atoms with van der Waals surface area (Å²) in [6.45, 7) is 6.13. The van der Waals surface area contributed by atoms with Gasteiger partial charge in [-0.2, -0.15) is 5.10 Å². The maximum Gasteiger partial charge on any atom is 0.222 e. The molecule has 1 aromatic rings. The molecule has 1 aliphatic carbocycles. The molecule has 0 aromatic carbocycles. The Hall–Kier alpha value is -1.32. The number of fused-ring (bicyclic) bond motifs is 2. The third-order valence-electron chi connectivity index (χ3n) is 5.45. The number of aromatic nitrogens is 2. The molecule has 4 heteroatoms. The van der Waals surface area contributed by atoms with E-state index in [4.69, 9.17) is 0 Å². The maximum atomic E-state index is 12.5. The van der Waals surface area contributed by atoms with E-state index < -0.39 is 0 Å². The number of nitrogens with zero attached hydrogens (tertiary/aromatic N) is 3. The van der Waals surface area contributed by atoms with Crippen LogP contribution in [0, 0.1) is 25.7 Å².